The molecule has 0 radical (unpaired) electrons. The second kappa shape index (κ2) is 7.30. The highest BCUT2D eigenvalue weighted by Crippen LogP contribution is 2.35. The quantitative estimate of drug-likeness (QED) is 0.793. The summed E-state index contributed by atoms with van der Waals surface area (Å²) in [5.74, 6) is -0.202. The number of hydrogen-bond acceptors (Lipinski definition) is 3. The van der Waals surface area contributed by atoms with Crippen LogP contribution in [-0.4, -0.2) is 12.6 Å². The van der Waals surface area contributed by atoms with Gasteiger partial charge in [-0.2, -0.15) is 0 Å². The summed E-state index contributed by atoms with van der Waals surface area (Å²) in [5.41, 5.74) is 6.79. The predicted molar refractivity (Wildman–Crippen MR) is 83.0 cm³/mol. The predicted octanol–water partition coefficient (Wildman–Crippen LogP) is 4.36. The average Bonchev–Trinajstić information content (AvgIpc) is 2.26. The molecule has 1 aromatic carbocycles. The Labute approximate surface area is 130 Å². The lowest BCUT2D eigenvalue weighted by atomic mass is 9.81. The summed E-state index contributed by atoms with van der Waals surface area (Å²) >= 11 is 12.0. The summed E-state index contributed by atoms with van der Waals surface area (Å²) < 4.78 is 4.98. The van der Waals surface area contributed by atoms with E-state index in [1.54, 1.807) is 19.1 Å². The van der Waals surface area contributed by atoms with Crippen molar-refractivity contribution in [2.75, 3.05) is 6.61 Å². The molecule has 0 aromatic heterocycles. The Morgan fingerprint density at radius 1 is 1.40 bits per heavy atom. The van der Waals surface area contributed by atoms with Crippen LogP contribution in [0.4, 0.5) is 0 Å². The van der Waals surface area contributed by atoms with Crippen molar-refractivity contribution < 1.29 is 9.53 Å². The van der Waals surface area contributed by atoms with Gasteiger partial charge in [0.25, 0.3) is 0 Å². The van der Waals surface area contributed by atoms with Gasteiger partial charge in [-0.15, -0.1) is 0 Å². The van der Waals surface area contributed by atoms with Gasteiger partial charge in [0.15, 0.2) is 0 Å². The summed E-state index contributed by atoms with van der Waals surface area (Å²) in [7, 11) is 0. The fourth-order valence-corrected chi connectivity index (χ4v) is 2.73. The van der Waals surface area contributed by atoms with E-state index >= 15 is 0 Å². The summed E-state index contributed by atoms with van der Waals surface area (Å²) in [4.78, 5) is 11.6. The third-order valence-electron chi connectivity index (χ3n) is 3.06. The van der Waals surface area contributed by atoms with Crippen LogP contribution in [0.2, 0.25) is 10.0 Å². The first-order valence-corrected chi connectivity index (χ1v) is 7.37. The molecule has 5 heteroatoms. The van der Waals surface area contributed by atoms with Gasteiger partial charge >= 0.3 is 5.97 Å². The van der Waals surface area contributed by atoms with Gasteiger partial charge in [0.05, 0.1) is 13.0 Å². The Kier molecular flexibility index (Phi) is 6.31. The molecular formula is C15H21Cl2NO2. The van der Waals surface area contributed by atoms with E-state index in [4.69, 9.17) is 33.7 Å². The number of rotatable bonds is 6. The normalized spacial score (nSPS) is 13.1. The molecular weight excluding hydrogens is 297 g/mol. The first kappa shape index (κ1) is 17.3. The number of ether oxygens (including phenoxy) is 1. The summed E-state index contributed by atoms with van der Waals surface area (Å²) in [6.45, 7) is 6.18. The number of nitrogens with two attached hydrogens (primary N) is 1. The van der Waals surface area contributed by atoms with Gasteiger partial charge in [-0.1, -0.05) is 43.1 Å². The maximum atomic E-state index is 11.6. The molecule has 0 aliphatic carbocycles. The minimum absolute atomic E-state index is 0.202. The maximum absolute atomic E-state index is 11.6. The van der Waals surface area contributed by atoms with E-state index in [1.165, 1.54) is 0 Å². The lowest BCUT2D eigenvalue weighted by Gasteiger charge is -2.27. The minimum atomic E-state index is -0.255. The van der Waals surface area contributed by atoms with Gasteiger partial charge in [0, 0.05) is 16.1 Å². The van der Waals surface area contributed by atoms with Gasteiger partial charge in [-0.05, 0) is 36.5 Å². The molecule has 3 nitrogen and oxygen atoms in total. The third kappa shape index (κ3) is 5.31. The fourth-order valence-electron chi connectivity index (χ4n) is 2.18. The Morgan fingerprint density at radius 3 is 2.60 bits per heavy atom. The monoisotopic (exact) mass is 317 g/mol. The lowest BCUT2D eigenvalue weighted by molar-refractivity contribution is -0.145. The van der Waals surface area contributed by atoms with Crippen LogP contribution in [-0.2, 0) is 9.53 Å². The summed E-state index contributed by atoms with van der Waals surface area (Å²) in [5, 5.41) is 1.13. The van der Waals surface area contributed by atoms with Gasteiger partial charge < -0.3 is 10.5 Å². The van der Waals surface area contributed by atoms with E-state index in [0.29, 0.717) is 29.5 Å². The Balaban J connectivity index is 2.73. The van der Waals surface area contributed by atoms with E-state index in [2.05, 4.69) is 0 Å². The van der Waals surface area contributed by atoms with Crippen LogP contribution in [0.15, 0.2) is 18.2 Å². The molecule has 2 N–H and O–H groups in total. The Hall–Kier alpha value is -0.770. The molecule has 112 valence electrons. The Morgan fingerprint density at radius 2 is 2.05 bits per heavy atom. The van der Waals surface area contributed by atoms with Crippen LogP contribution in [0.25, 0.3) is 0 Å². The van der Waals surface area contributed by atoms with E-state index in [-0.39, 0.29) is 17.4 Å². The standard InChI is InChI=1S/C15H21Cl2NO2/c1-4-20-14(19)9-15(2,3)8-13(18)11-6-5-10(16)7-12(11)17/h5-7,13H,4,8-9,18H2,1-3H3. The molecule has 0 aliphatic heterocycles. The molecule has 0 saturated heterocycles. The van der Waals surface area contributed by atoms with Crippen LogP contribution in [0, 0.1) is 5.41 Å². The van der Waals surface area contributed by atoms with Gasteiger partial charge in [0.1, 0.15) is 0 Å². The first-order valence-electron chi connectivity index (χ1n) is 6.61. The lowest BCUT2D eigenvalue weighted by Crippen LogP contribution is -2.25. The number of halogens is 2. The zero-order valence-electron chi connectivity index (χ0n) is 12.1. The fraction of sp³-hybridized carbons (Fsp3) is 0.533. The molecule has 1 rings (SSSR count). The third-order valence-corrected chi connectivity index (χ3v) is 3.63. The van der Waals surface area contributed by atoms with Crippen LogP contribution >= 0.6 is 23.2 Å². The first-order chi connectivity index (χ1) is 9.25. The largest absolute Gasteiger partial charge is 0.466 e. The summed E-state index contributed by atoms with van der Waals surface area (Å²) in [6.07, 6.45) is 0.965. The van der Waals surface area contributed by atoms with Crippen molar-refractivity contribution in [3.63, 3.8) is 0 Å². The van der Waals surface area contributed by atoms with Crippen LogP contribution < -0.4 is 5.73 Å². The molecule has 0 aliphatic rings. The average molecular weight is 318 g/mol. The van der Waals surface area contributed by atoms with Crippen molar-refractivity contribution >= 4 is 29.2 Å². The van der Waals surface area contributed by atoms with Crippen LogP contribution in [0.5, 0.6) is 0 Å². The molecule has 0 bridgehead atoms. The topological polar surface area (TPSA) is 52.3 Å². The number of carbonyl (C=O) groups is 1. The van der Waals surface area contributed by atoms with E-state index < -0.39 is 0 Å². The zero-order valence-corrected chi connectivity index (χ0v) is 13.6. The van der Waals surface area contributed by atoms with Crippen LogP contribution in [0.1, 0.15) is 45.2 Å². The minimum Gasteiger partial charge on any atom is -0.466 e. The maximum Gasteiger partial charge on any atom is 0.306 e. The van der Waals surface area contributed by atoms with Gasteiger partial charge in [-0.25, -0.2) is 0 Å². The number of hydrogen-bond donors (Lipinski definition) is 1. The zero-order chi connectivity index (χ0) is 15.3. The van der Waals surface area contributed by atoms with Crippen LogP contribution in [0.3, 0.4) is 0 Å². The van der Waals surface area contributed by atoms with Gasteiger partial charge in [-0.3, -0.25) is 4.79 Å². The van der Waals surface area contributed by atoms with Crippen molar-refractivity contribution in [2.24, 2.45) is 11.1 Å². The highest BCUT2D eigenvalue weighted by atomic mass is 35.5. The van der Waals surface area contributed by atoms with Crippen molar-refractivity contribution in [1.82, 2.24) is 0 Å². The molecule has 0 amide bonds. The molecule has 1 atom stereocenters. The Bertz CT molecular complexity index is 475. The molecule has 0 fully saturated rings. The highest BCUT2D eigenvalue weighted by molar-refractivity contribution is 6.35. The number of carbonyl (C=O) groups excluding carboxylic acids is 1. The molecule has 1 unspecified atom stereocenters. The van der Waals surface area contributed by atoms with Crippen molar-refractivity contribution in [2.45, 2.75) is 39.7 Å². The summed E-state index contributed by atoms with van der Waals surface area (Å²) in [6, 6.07) is 5.03. The van der Waals surface area contributed by atoms with Gasteiger partial charge in [0.2, 0.25) is 0 Å². The van der Waals surface area contributed by atoms with Crippen molar-refractivity contribution in [3.8, 4) is 0 Å². The number of esters is 1. The second-order valence-electron chi connectivity index (χ2n) is 5.62. The van der Waals surface area contributed by atoms with E-state index in [9.17, 15) is 4.79 Å². The molecule has 0 spiro atoms. The van der Waals surface area contributed by atoms with E-state index in [1.807, 2.05) is 19.9 Å². The smallest absolute Gasteiger partial charge is 0.306 e. The van der Waals surface area contributed by atoms with Crippen molar-refractivity contribution in [1.29, 1.82) is 0 Å². The SMILES string of the molecule is CCOC(=O)CC(C)(C)CC(N)c1ccc(Cl)cc1Cl. The second-order valence-corrected chi connectivity index (χ2v) is 6.47. The number of benzene rings is 1. The molecule has 0 heterocycles. The van der Waals surface area contributed by atoms with E-state index in [0.717, 1.165) is 5.56 Å². The molecule has 20 heavy (non-hydrogen) atoms. The molecule has 1 aromatic rings. The molecule has 0 saturated carbocycles. The highest BCUT2D eigenvalue weighted by Gasteiger charge is 2.27. The van der Waals surface area contributed by atoms with Crippen molar-refractivity contribution in [3.05, 3.63) is 33.8 Å².